The van der Waals surface area contributed by atoms with Crippen molar-refractivity contribution >= 4 is 0 Å². The Morgan fingerprint density at radius 1 is 1.21 bits per heavy atom. The maximum Gasteiger partial charge on any atom is 0.0373 e. The minimum atomic E-state index is 0.546. The van der Waals surface area contributed by atoms with Gasteiger partial charge in [0.25, 0.3) is 0 Å². The second-order valence-corrected chi connectivity index (χ2v) is 5.25. The van der Waals surface area contributed by atoms with Gasteiger partial charge in [0.2, 0.25) is 0 Å². The summed E-state index contributed by atoms with van der Waals surface area (Å²) < 4.78 is 0. The molecule has 1 aromatic heterocycles. The largest absolute Gasteiger partial charge is 0.310 e. The highest BCUT2D eigenvalue weighted by atomic mass is 14.9. The normalized spacial score (nSPS) is 17.5. The first kappa shape index (κ1) is 12.4. The van der Waals surface area contributed by atoms with Crippen molar-refractivity contribution in [2.24, 2.45) is 0 Å². The molecule has 19 heavy (non-hydrogen) atoms. The van der Waals surface area contributed by atoms with Crippen LogP contribution in [0.3, 0.4) is 0 Å². The summed E-state index contributed by atoms with van der Waals surface area (Å²) >= 11 is 0. The molecule has 98 valence electrons. The summed E-state index contributed by atoms with van der Waals surface area (Å²) in [5.41, 5.74) is 6.52. The quantitative estimate of drug-likeness (QED) is 0.902. The Balaban J connectivity index is 1.92. The molecule has 0 saturated heterocycles. The van der Waals surface area contributed by atoms with Gasteiger partial charge in [0, 0.05) is 23.5 Å². The molecular weight excluding hydrogens is 232 g/mol. The zero-order chi connectivity index (χ0) is 13.2. The number of nitrogens with one attached hydrogen (secondary N) is 1. The Morgan fingerprint density at radius 2 is 2.05 bits per heavy atom. The molecule has 0 bridgehead atoms. The van der Waals surface area contributed by atoms with Crippen LogP contribution in [0, 0.1) is 6.92 Å². The van der Waals surface area contributed by atoms with Crippen molar-refractivity contribution in [1.82, 2.24) is 10.3 Å². The van der Waals surface area contributed by atoms with Crippen LogP contribution in [-0.4, -0.2) is 11.5 Å². The molecule has 1 N–H and O–H groups in total. The van der Waals surface area contributed by atoms with Gasteiger partial charge in [0.05, 0.1) is 0 Å². The third-order valence-corrected chi connectivity index (χ3v) is 3.92. The van der Waals surface area contributed by atoms with E-state index in [9.17, 15) is 0 Å². The maximum absolute atomic E-state index is 4.38. The molecule has 0 aliphatic heterocycles. The van der Waals surface area contributed by atoms with Crippen LogP contribution >= 0.6 is 0 Å². The summed E-state index contributed by atoms with van der Waals surface area (Å²) in [4.78, 5) is 4.38. The Labute approximate surface area is 114 Å². The van der Waals surface area contributed by atoms with Crippen LogP contribution in [0.1, 0.15) is 36.2 Å². The summed E-state index contributed by atoms with van der Waals surface area (Å²) in [6, 6.07) is 11.6. The van der Waals surface area contributed by atoms with Gasteiger partial charge in [-0.1, -0.05) is 31.2 Å². The molecule has 1 unspecified atom stereocenters. The van der Waals surface area contributed by atoms with Crippen molar-refractivity contribution in [3.63, 3.8) is 0 Å². The molecule has 0 saturated carbocycles. The molecule has 0 amide bonds. The van der Waals surface area contributed by atoms with Gasteiger partial charge in [-0.3, -0.25) is 4.98 Å². The second-order valence-electron chi connectivity index (χ2n) is 5.25. The predicted molar refractivity (Wildman–Crippen MR) is 79.1 cm³/mol. The lowest BCUT2D eigenvalue weighted by atomic mass is 10.0. The third kappa shape index (κ3) is 2.41. The molecule has 2 nitrogen and oxygen atoms in total. The first-order chi connectivity index (χ1) is 9.28. The SMILES string of the molecule is CCNC1CCc2cc(-c3ccc(C)nc3)ccc21. The average Bonchev–Trinajstić information content (AvgIpc) is 2.83. The standard InChI is InChI=1S/C17H20N2/c1-3-18-17-9-7-14-10-13(6-8-16(14)17)15-5-4-12(2)19-11-15/h4-6,8,10-11,17-18H,3,7,9H2,1-2H3. The van der Waals surface area contributed by atoms with Crippen molar-refractivity contribution in [1.29, 1.82) is 0 Å². The fraction of sp³-hybridized carbons (Fsp3) is 0.353. The van der Waals surface area contributed by atoms with Gasteiger partial charge in [0.1, 0.15) is 0 Å². The lowest BCUT2D eigenvalue weighted by Crippen LogP contribution is -2.18. The Bertz CT molecular complexity index is 572. The lowest BCUT2D eigenvalue weighted by Gasteiger charge is -2.12. The molecule has 1 aromatic carbocycles. The molecule has 3 rings (SSSR count). The van der Waals surface area contributed by atoms with E-state index in [1.165, 1.54) is 35.1 Å². The van der Waals surface area contributed by atoms with Crippen molar-refractivity contribution in [3.8, 4) is 11.1 Å². The Kier molecular flexibility index (Phi) is 3.34. The molecule has 2 heteroatoms. The van der Waals surface area contributed by atoms with Gasteiger partial charge >= 0.3 is 0 Å². The highest BCUT2D eigenvalue weighted by Gasteiger charge is 2.21. The fourth-order valence-electron chi connectivity index (χ4n) is 2.89. The number of hydrogen-bond acceptors (Lipinski definition) is 2. The van der Waals surface area contributed by atoms with E-state index in [2.05, 4.69) is 47.6 Å². The topological polar surface area (TPSA) is 24.9 Å². The van der Waals surface area contributed by atoms with Gasteiger partial charge in [-0.05, 0) is 49.1 Å². The van der Waals surface area contributed by atoms with Crippen LogP contribution < -0.4 is 5.32 Å². The Morgan fingerprint density at radius 3 is 2.79 bits per heavy atom. The minimum Gasteiger partial charge on any atom is -0.310 e. The molecule has 0 radical (unpaired) electrons. The van der Waals surface area contributed by atoms with E-state index >= 15 is 0 Å². The highest BCUT2D eigenvalue weighted by molar-refractivity contribution is 5.64. The molecule has 0 spiro atoms. The zero-order valence-corrected chi connectivity index (χ0v) is 11.6. The summed E-state index contributed by atoms with van der Waals surface area (Å²) in [5, 5.41) is 3.56. The van der Waals surface area contributed by atoms with Gasteiger partial charge in [0.15, 0.2) is 0 Å². The van der Waals surface area contributed by atoms with E-state index in [0.29, 0.717) is 6.04 Å². The number of pyridine rings is 1. The van der Waals surface area contributed by atoms with E-state index in [1.54, 1.807) is 0 Å². The number of rotatable bonds is 3. The zero-order valence-electron chi connectivity index (χ0n) is 11.6. The summed E-state index contributed by atoms with van der Waals surface area (Å²) in [5.74, 6) is 0. The number of fused-ring (bicyclic) bond motifs is 1. The smallest absolute Gasteiger partial charge is 0.0373 e. The first-order valence-electron chi connectivity index (χ1n) is 7.07. The number of aryl methyl sites for hydroxylation is 2. The molecule has 2 aromatic rings. The van der Waals surface area contributed by atoms with Crippen molar-refractivity contribution in [2.45, 2.75) is 32.7 Å². The van der Waals surface area contributed by atoms with Crippen LogP contribution in [-0.2, 0) is 6.42 Å². The van der Waals surface area contributed by atoms with E-state index < -0.39 is 0 Å². The van der Waals surface area contributed by atoms with Crippen molar-refractivity contribution in [3.05, 3.63) is 53.3 Å². The summed E-state index contributed by atoms with van der Waals surface area (Å²) in [6.45, 7) is 5.23. The van der Waals surface area contributed by atoms with E-state index in [0.717, 1.165) is 12.2 Å². The van der Waals surface area contributed by atoms with Crippen molar-refractivity contribution in [2.75, 3.05) is 6.54 Å². The minimum absolute atomic E-state index is 0.546. The lowest BCUT2D eigenvalue weighted by molar-refractivity contribution is 0.549. The molecule has 1 atom stereocenters. The second kappa shape index (κ2) is 5.14. The predicted octanol–water partition coefficient (Wildman–Crippen LogP) is 3.65. The first-order valence-corrected chi connectivity index (χ1v) is 7.07. The van der Waals surface area contributed by atoms with E-state index in [-0.39, 0.29) is 0 Å². The van der Waals surface area contributed by atoms with Crippen LogP contribution in [0.2, 0.25) is 0 Å². The average molecular weight is 252 g/mol. The van der Waals surface area contributed by atoms with Gasteiger partial charge < -0.3 is 5.32 Å². The molecule has 1 aliphatic carbocycles. The summed E-state index contributed by atoms with van der Waals surface area (Å²) in [6.07, 6.45) is 4.37. The summed E-state index contributed by atoms with van der Waals surface area (Å²) in [7, 11) is 0. The van der Waals surface area contributed by atoms with Crippen LogP contribution in [0.5, 0.6) is 0 Å². The molecular formula is C17H20N2. The number of hydrogen-bond donors (Lipinski definition) is 1. The Hall–Kier alpha value is -1.67. The monoisotopic (exact) mass is 252 g/mol. The number of nitrogens with zero attached hydrogens (tertiary/aromatic N) is 1. The van der Waals surface area contributed by atoms with Gasteiger partial charge in [-0.15, -0.1) is 0 Å². The van der Waals surface area contributed by atoms with Crippen LogP contribution in [0.4, 0.5) is 0 Å². The molecule has 1 heterocycles. The number of benzene rings is 1. The van der Waals surface area contributed by atoms with Crippen LogP contribution in [0.25, 0.3) is 11.1 Å². The van der Waals surface area contributed by atoms with Crippen molar-refractivity contribution < 1.29 is 0 Å². The fourth-order valence-corrected chi connectivity index (χ4v) is 2.89. The molecule has 1 aliphatic rings. The van der Waals surface area contributed by atoms with E-state index in [4.69, 9.17) is 0 Å². The van der Waals surface area contributed by atoms with Gasteiger partial charge in [-0.25, -0.2) is 0 Å². The highest BCUT2D eigenvalue weighted by Crippen LogP contribution is 2.33. The van der Waals surface area contributed by atoms with Gasteiger partial charge in [-0.2, -0.15) is 0 Å². The number of aromatic nitrogens is 1. The van der Waals surface area contributed by atoms with E-state index in [1.807, 2.05) is 13.1 Å². The molecule has 0 fully saturated rings. The maximum atomic E-state index is 4.38. The van der Waals surface area contributed by atoms with Crippen LogP contribution in [0.15, 0.2) is 36.5 Å². The third-order valence-electron chi connectivity index (χ3n) is 3.92.